The fraction of sp³-hybridized carbons (Fsp3) is 0.588. The SMILES string of the molecule is CN(C)c1cccc(C(=O)N2CCC(N3CCNCC3)C2)c1.Cl. The molecule has 2 saturated heterocycles. The molecule has 1 aromatic carbocycles. The van der Waals surface area contributed by atoms with E-state index in [0.29, 0.717) is 6.04 Å². The van der Waals surface area contributed by atoms with Crippen molar-refractivity contribution in [2.45, 2.75) is 12.5 Å². The average Bonchev–Trinajstić information content (AvgIpc) is 3.05. The Morgan fingerprint density at radius 3 is 2.65 bits per heavy atom. The summed E-state index contributed by atoms with van der Waals surface area (Å²) in [6.07, 6.45) is 1.10. The summed E-state index contributed by atoms with van der Waals surface area (Å²) in [6, 6.07) is 8.44. The number of carbonyl (C=O) groups is 1. The average molecular weight is 339 g/mol. The standard InChI is InChI=1S/C17H26N4O.ClH/c1-19(2)15-5-3-4-14(12-15)17(22)21-9-6-16(13-21)20-10-7-18-8-11-20;/h3-5,12,16,18H,6-11,13H2,1-2H3;1H. The van der Waals surface area contributed by atoms with Gasteiger partial charge in [-0.25, -0.2) is 0 Å². The maximum absolute atomic E-state index is 12.7. The summed E-state index contributed by atoms with van der Waals surface area (Å²) >= 11 is 0. The normalized spacial score (nSPS) is 21.8. The van der Waals surface area contributed by atoms with E-state index in [1.165, 1.54) is 0 Å². The van der Waals surface area contributed by atoms with Crippen LogP contribution in [0, 0.1) is 0 Å². The minimum Gasteiger partial charge on any atom is -0.378 e. The van der Waals surface area contributed by atoms with Gasteiger partial charge in [0.25, 0.3) is 5.91 Å². The predicted octanol–water partition coefficient (Wildman–Crippen LogP) is 1.29. The van der Waals surface area contributed by atoms with Gasteiger partial charge in [0.1, 0.15) is 0 Å². The minimum absolute atomic E-state index is 0. The summed E-state index contributed by atoms with van der Waals surface area (Å²) in [5, 5.41) is 3.39. The molecule has 1 unspecified atom stereocenters. The number of anilines is 1. The van der Waals surface area contributed by atoms with Crippen LogP contribution in [0.4, 0.5) is 5.69 Å². The molecule has 0 aliphatic carbocycles. The summed E-state index contributed by atoms with van der Waals surface area (Å²) in [5.74, 6) is 0.168. The molecule has 128 valence electrons. The van der Waals surface area contributed by atoms with Crippen molar-refractivity contribution in [2.24, 2.45) is 0 Å². The highest BCUT2D eigenvalue weighted by atomic mass is 35.5. The lowest BCUT2D eigenvalue weighted by atomic mass is 10.1. The Morgan fingerprint density at radius 1 is 1.22 bits per heavy atom. The highest BCUT2D eigenvalue weighted by Crippen LogP contribution is 2.20. The van der Waals surface area contributed by atoms with Crippen LogP contribution < -0.4 is 10.2 Å². The molecule has 2 aliphatic heterocycles. The summed E-state index contributed by atoms with van der Waals surface area (Å²) in [6.45, 7) is 6.07. The number of piperazine rings is 1. The van der Waals surface area contributed by atoms with Gasteiger partial charge < -0.3 is 15.1 Å². The third-order valence-electron chi connectivity index (χ3n) is 4.73. The lowest BCUT2D eigenvalue weighted by Crippen LogP contribution is -2.49. The van der Waals surface area contributed by atoms with Crippen LogP contribution >= 0.6 is 12.4 Å². The van der Waals surface area contributed by atoms with Gasteiger partial charge in [-0.15, -0.1) is 12.4 Å². The Hall–Kier alpha value is -1.30. The number of halogens is 1. The highest BCUT2D eigenvalue weighted by molar-refractivity contribution is 5.95. The van der Waals surface area contributed by atoms with Crippen molar-refractivity contribution in [1.29, 1.82) is 0 Å². The van der Waals surface area contributed by atoms with Crippen LogP contribution in [0.5, 0.6) is 0 Å². The van der Waals surface area contributed by atoms with E-state index in [-0.39, 0.29) is 18.3 Å². The maximum atomic E-state index is 12.7. The first-order valence-corrected chi connectivity index (χ1v) is 8.16. The number of carbonyl (C=O) groups excluding carboxylic acids is 1. The highest BCUT2D eigenvalue weighted by Gasteiger charge is 2.31. The van der Waals surface area contributed by atoms with Crippen molar-refractivity contribution in [3.05, 3.63) is 29.8 Å². The fourth-order valence-electron chi connectivity index (χ4n) is 3.37. The van der Waals surface area contributed by atoms with E-state index in [1.807, 2.05) is 48.2 Å². The van der Waals surface area contributed by atoms with Crippen molar-refractivity contribution in [2.75, 3.05) is 58.3 Å². The number of benzene rings is 1. The second kappa shape index (κ2) is 7.99. The molecule has 1 N–H and O–H groups in total. The van der Waals surface area contributed by atoms with E-state index in [2.05, 4.69) is 10.2 Å². The van der Waals surface area contributed by atoms with Crippen LogP contribution in [0.25, 0.3) is 0 Å². The molecule has 5 nitrogen and oxygen atoms in total. The molecule has 0 spiro atoms. The van der Waals surface area contributed by atoms with E-state index in [0.717, 1.165) is 56.9 Å². The Morgan fingerprint density at radius 2 is 1.96 bits per heavy atom. The van der Waals surface area contributed by atoms with E-state index >= 15 is 0 Å². The number of hydrogen-bond acceptors (Lipinski definition) is 4. The predicted molar refractivity (Wildman–Crippen MR) is 96.8 cm³/mol. The Bertz CT molecular complexity index is 531. The number of amides is 1. The molecule has 1 aromatic rings. The van der Waals surface area contributed by atoms with Gasteiger partial charge in [0, 0.05) is 70.7 Å². The molecule has 2 fully saturated rings. The molecule has 2 heterocycles. The number of likely N-dealkylation sites (tertiary alicyclic amines) is 1. The quantitative estimate of drug-likeness (QED) is 0.901. The summed E-state index contributed by atoms with van der Waals surface area (Å²) in [4.78, 5) is 19.3. The lowest BCUT2D eigenvalue weighted by molar-refractivity contribution is 0.0773. The van der Waals surface area contributed by atoms with Gasteiger partial charge in [-0.2, -0.15) is 0 Å². The Kier molecular flexibility index (Phi) is 6.27. The van der Waals surface area contributed by atoms with E-state index in [9.17, 15) is 4.79 Å². The zero-order chi connectivity index (χ0) is 15.5. The Labute approximate surface area is 145 Å². The fourth-order valence-corrected chi connectivity index (χ4v) is 3.37. The van der Waals surface area contributed by atoms with Crippen molar-refractivity contribution in [3.63, 3.8) is 0 Å². The first-order chi connectivity index (χ1) is 10.6. The zero-order valence-electron chi connectivity index (χ0n) is 14.0. The first kappa shape index (κ1) is 18.0. The molecule has 0 saturated carbocycles. The third kappa shape index (κ3) is 4.16. The van der Waals surface area contributed by atoms with Crippen LogP contribution in [-0.4, -0.2) is 75.1 Å². The molecule has 0 aromatic heterocycles. The van der Waals surface area contributed by atoms with Gasteiger partial charge in [0.2, 0.25) is 0 Å². The maximum Gasteiger partial charge on any atom is 0.253 e. The van der Waals surface area contributed by atoms with Gasteiger partial charge in [-0.1, -0.05) is 6.07 Å². The molecule has 1 atom stereocenters. The van der Waals surface area contributed by atoms with Crippen molar-refractivity contribution < 1.29 is 4.79 Å². The van der Waals surface area contributed by atoms with Crippen molar-refractivity contribution in [1.82, 2.24) is 15.1 Å². The minimum atomic E-state index is 0. The Balaban J connectivity index is 0.00000192. The summed E-state index contributed by atoms with van der Waals surface area (Å²) in [7, 11) is 4.00. The monoisotopic (exact) mass is 338 g/mol. The third-order valence-corrected chi connectivity index (χ3v) is 4.73. The van der Waals surface area contributed by atoms with E-state index in [4.69, 9.17) is 0 Å². The number of rotatable bonds is 3. The van der Waals surface area contributed by atoms with Gasteiger partial charge in [-0.3, -0.25) is 9.69 Å². The van der Waals surface area contributed by atoms with E-state index in [1.54, 1.807) is 0 Å². The molecule has 2 aliphatic rings. The van der Waals surface area contributed by atoms with Crippen molar-refractivity contribution in [3.8, 4) is 0 Å². The molecular formula is C17H27ClN4O. The molecule has 6 heteroatoms. The van der Waals surface area contributed by atoms with Crippen LogP contribution in [0.3, 0.4) is 0 Å². The van der Waals surface area contributed by atoms with Crippen LogP contribution in [0.2, 0.25) is 0 Å². The molecule has 0 radical (unpaired) electrons. The number of nitrogens with one attached hydrogen (secondary N) is 1. The van der Waals surface area contributed by atoms with Gasteiger partial charge in [-0.05, 0) is 24.6 Å². The second-order valence-corrected chi connectivity index (χ2v) is 6.42. The summed E-state index contributed by atoms with van der Waals surface area (Å²) in [5.41, 5.74) is 1.87. The van der Waals surface area contributed by atoms with Crippen LogP contribution in [-0.2, 0) is 0 Å². The van der Waals surface area contributed by atoms with E-state index < -0.39 is 0 Å². The number of hydrogen-bond donors (Lipinski definition) is 1. The second-order valence-electron chi connectivity index (χ2n) is 6.42. The summed E-state index contributed by atoms with van der Waals surface area (Å²) < 4.78 is 0. The number of nitrogens with zero attached hydrogens (tertiary/aromatic N) is 3. The molecule has 3 rings (SSSR count). The largest absolute Gasteiger partial charge is 0.378 e. The topological polar surface area (TPSA) is 38.8 Å². The smallest absolute Gasteiger partial charge is 0.253 e. The van der Waals surface area contributed by atoms with Gasteiger partial charge in [0.15, 0.2) is 0 Å². The zero-order valence-corrected chi connectivity index (χ0v) is 14.8. The molecule has 23 heavy (non-hydrogen) atoms. The van der Waals surface area contributed by atoms with Gasteiger partial charge >= 0.3 is 0 Å². The van der Waals surface area contributed by atoms with Crippen molar-refractivity contribution >= 4 is 24.0 Å². The van der Waals surface area contributed by atoms with Crippen LogP contribution in [0.1, 0.15) is 16.8 Å². The van der Waals surface area contributed by atoms with Crippen LogP contribution in [0.15, 0.2) is 24.3 Å². The molecule has 1 amide bonds. The molecular weight excluding hydrogens is 312 g/mol. The molecule has 0 bridgehead atoms. The lowest BCUT2D eigenvalue weighted by Gasteiger charge is -2.32. The first-order valence-electron chi connectivity index (χ1n) is 8.16. The van der Waals surface area contributed by atoms with Gasteiger partial charge in [0.05, 0.1) is 0 Å².